The molecule has 0 saturated carbocycles. The zero-order valence-corrected chi connectivity index (χ0v) is 20.4. The normalized spacial score (nSPS) is 23.8. The molecule has 1 atom stereocenters. The SMILES string of the molecule is NC1CCN(C(=O)CCC2CCN(c3cccc4c3C(=O)N(C3CCC(=O)NC3=O)C4=O)CC2)CC1. The Balaban J connectivity index is 1.21. The van der Waals surface area contributed by atoms with Gasteiger partial charge in [-0.25, -0.2) is 0 Å². The number of carbonyl (C=O) groups is 5. The van der Waals surface area contributed by atoms with Gasteiger partial charge in [0, 0.05) is 45.1 Å². The van der Waals surface area contributed by atoms with Crippen LogP contribution in [0.4, 0.5) is 5.69 Å². The lowest BCUT2D eigenvalue weighted by atomic mass is 9.91. The minimum Gasteiger partial charge on any atom is -0.371 e. The smallest absolute Gasteiger partial charge is 0.264 e. The Bertz CT molecular complexity index is 1090. The number of nitrogens with two attached hydrogens (primary N) is 1. The van der Waals surface area contributed by atoms with Gasteiger partial charge in [-0.15, -0.1) is 0 Å². The molecule has 1 aromatic carbocycles. The Morgan fingerprint density at radius 1 is 0.944 bits per heavy atom. The first kappa shape index (κ1) is 24.4. The highest BCUT2D eigenvalue weighted by Crippen LogP contribution is 2.36. The number of nitrogens with zero attached hydrogens (tertiary/aromatic N) is 3. The lowest BCUT2D eigenvalue weighted by Crippen LogP contribution is -2.54. The summed E-state index contributed by atoms with van der Waals surface area (Å²) in [6.07, 6.45) is 5.18. The van der Waals surface area contributed by atoms with Crippen LogP contribution in [-0.2, 0) is 14.4 Å². The minimum atomic E-state index is -0.970. The maximum atomic E-state index is 13.4. The van der Waals surface area contributed by atoms with E-state index in [0.29, 0.717) is 29.2 Å². The number of carbonyl (C=O) groups excluding carboxylic acids is 5. The first-order chi connectivity index (χ1) is 17.3. The van der Waals surface area contributed by atoms with E-state index in [1.165, 1.54) is 0 Å². The molecule has 10 nitrogen and oxygen atoms in total. The fraction of sp³-hybridized carbons (Fsp3) is 0.577. The zero-order valence-electron chi connectivity index (χ0n) is 20.4. The number of amides is 5. The Hall–Kier alpha value is -3.27. The molecule has 0 aromatic heterocycles. The van der Waals surface area contributed by atoms with Gasteiger partial charge in [-0.3, -0.25) is 34.2 Å². The Kier molecular flexibility index (Phi) is 6.79. The highest BCUT2D eigenvalue weighted by Gasteiger charge is 2.46. The lowest BCUT2D eigenvalue weighted by Gasteiger charge is -2.35. The molecule has 0 spiro atoms. The molecule has 36 heavy (non-hydrogen) atoms. The molecule has 3 fully saturated rings. The van der Waals surface area contributed by atoms with Gasteiger partial charge in [0.1, 0.15) is 6.04 Å². The number of fused-ring (bicyclic) bond motifs is 1. The molecule has 4 aliphatic heterocycles. The molecule has 0 bridgehead atoms. The van der Waals surface area contributed by atoms with Crippen LogP contribution < -0.4 is 16.0 Å². The molecule has 1 unspecified atom stereocenters. The van der Waals surface area contributed by atoms with Crippen LogP contribution in [-0.4, -0.2) is 77.6 Å². The second-order valence-electron chi connectivity index (χ2n) is 10.3. The van der Waals surface area contributed by atoms with Crippen LogP contribution in [0.25, 0.3) is 0 Å². The molecule has 4 aliphatic rings. The van der Waals surface area contributed by atoms with Crippen molar-refractivity contribution < 1.29 is 24.0 Å². The minimum absolute atomic E-state index is 0.0952. The number of nitrogens with one attached hydrogen (secondary N) is 1. The van der Waals surface area contributed by atoms with Gasteiger partial charge in [0.2, 0.25) is 17.7 Å². The van der Waals surface area contributed by atoms with Gasteiger partial charge in [-0.05, 0) is 56.6 Å². The Morgan fingerprint density at radius 3 is 2.36 bits per heavy atom. The van der Waals surface area contributed by atoms with E-state index in [4.69, 9.17) is 5.73 Å². The second-order valence-corrected chi connectivity index (χ2v) is 10.3. The Morgan fingerprint density at radius 2 is 1.67 bits per heavy atom. The molecule has 3 N–H and O–H groups in total. The van der Waals surface area contributed by atoms with Crippen LogP contribution in [0.5, 0.6) is 0 Å². The maximum Gasteiger partial charge on any atom is 0.264 e. The first-order valence-corrected chi connectivity index (χ1v) is 13.0. The van der Waals surface area contributed by atoms with E-state index in [1.54, 1.807) is 12.1 Å². The molecule has 4 heterocycles. The summed E-state index contributed by atoms with van der Waals surface area (Å²) in [5, 5.41) is 2.23. The molecule has 5 amide bonds. The fourth-order valence-corrected chi connectivity index (χ4v) is 5.86. The second kappa shape index (κ2) is 10.0. The van der Waals surface area contributed by atoms with Crippen LogP contribution in [0.15, 0.2) is 18.2 Å². The summed E-state index contributed by atoms with van der Waals surface area (Å²) in [6, 6.07) is 4.47. The summed E-state index contributed by atoms with van der Waals surface area (Å²) in [5.41, 5.74) is 7.29. The number of hydrogen-bond donors (Lipinski definition) is 2. The van der Waals surface area contributed by atoms with Crippen molar-refractivity contribution in [3.8, 4) is 0 Å². The summed E-state index contributed by atoms with van der Waals surface area (Å²) in [4.78, 5) is 68.0. The summed E-state index contributed by atoms with van der Waals surface area (Å²) >= 11 is 0. The van der Waals surface area contributed by atoms with E-state index in [0.717, 1.165) is 63.2 Å². The number of likely N-dealkylation sites (tertiary alicyclic amines) is 1. The fourth-order valence-electron chi connectivity index (χ4n) is 5.86. The van der Waals surface area contributed by atoms with E-state index in [-0.39, 0.29) is 24.8 Å². The van der Waals surface area contributed by atoms with Gasteiger partial charge >= 0.3 is 0 Å². The van der Waals surface area contributed by atoms with Gasteiger partial charge < -0.3 is 15.5 Å². The zero-order chi connectivity index (χ0) is 25.4. The number of imide groups is 2. The number of piperidine rings is 3. The third-order valence-corrected chi connectivity index (χ3v) is 8.06. The van der Waals surface area contributed by atoms with Crippen LogP contribution in [0.1, 0.15) is 72.1 Å². The first-order valence-electron chi connectivity index (χ1n) is 13.0. The van der Waals surface area contributed by atoms with Crippen molar-refractivity contribution >= 4 is 35.2 Å². The van der Waals surface area contributed by atoms with E-state index >= 15 is 0 Å². The van der Waals surface area contributed by atoms with Crippen molar-refractivity contribution in [2.75, 3.05) is 31.1 Å². The molecule has 192 valence electrons. The van der Waals surface area contributed by atoms with E-state index in [9.17, 15) is 24.0 Å². The molecular weight excluding hydrogens is 462 g/mol. The molecule has 0 aliphatic carbocycles. The van der Waals surface area contributed by atoms with Gasteiger partial charge in [0.15, 0.2) is 0 Å². The van der Waals surface area contributed by atoms with Crippen molar-refractivity contribution in [2.24, 2.45) is 11.7 Å². The lowest BCUT2D eigenvalue weighted by molar-refractivity contribution is -0.136. The third kappa shape index (κ3) is 4.61. The van der Waals surface area contributed by atoms with Gasteiger partial charge in [0.25, 0.3) is 11.8 Å². The summed E-state index contributed by atoms with van der Waals surface area (Å²) < 4.78 is 0. The third-order valence-electron chi connectivity index (χ3n) is 8.06. The molecule has 10 heteroatoms. The average molecular weight is 496 g/mol. The van der Waals surface area contributed by atoms with Crippen LogP contribution in [0, 0.1) is 5.92 Å². The van der Waals surface area contributed by atoms with E-state index in [1.807, 2.05) is 11.0 Å². The summed E-state index contributed by atoms with van der Waals surface area (Å²) in [7, 11) is 0. The molecule has 0 radical (unpaired) electrons. The van der Waals surface area contributed by atoms with Crippen LogP contribution in [0.3, 0.4) is 0 Å². The van der Waals surface area contributed by atoms with Crippen molar-refractivity contribution in [3.63, 3.8) is 0 Å². The van der Waals surface area contributed by atoms with Crippen LogP contribution >= 0.6 is 0 Å². The molecule has 1 aromatic rings. The number of rotatable bonds is 5. The largest absolute Gasteiger partial charge is 0.371 e. The molecular formula is C26H33N5O5. The number of anilines is 1. The maximum absolute atomic E-state index is 13.4. The standard InChI is InChI=1S/C26H33N5O5/c27-17-10-14-30(15-11-17)22(33)7-4-16-8-12-29(13-9-16)19-3-1-2-18-23(19)26(36)31(25(18)35)20-5-6-21(32)28-24(20)34/h1-3,16-17,20H,4-15,27H2,(H,28,32,34). The highest BCUT2D eigenvalue weighted by atomic mass is 16.2. The average Bonchev–Trinajstić information content (AvgIpc) is 3.13. The monoisotopic (exact) mass is 495 g/mol. The van der Waals surface area contributed by atoms with Gasteiger partial charge in [-0.1, -0.05) is 6.07 Å². The van der Waals surface area contributed by atoms with Gasteiger partial charge in [0.05, 0.1) is 16.8 Å². The summed E-state index contributed by atoms with van der Waals surface area (Å²) in [5.74, 6) is -1.31. The highest BCUT2D eigenvalue weighted by molar-refractivity contribution is 6.25. The quantitative estimate of drug-likeness (QED) is 0.583. The topological polar surface area (TPSA) is 133 Å². The van der Waals surface area contributed by atoms with Gasteiger partial charge in [-0.2, -0.15) is 0 Å². The van der Waals surface area contributed by atoms with Crippen molar-refractivity contribution in [3.05, 3.63) is 29.3 Å². The number of hydrogen-bond acceptors (Lipinski definition) is 7. The van der Waals surface area contributed by atoms with Crippen molar-refractivity contribution in [2.45, 2.75) is 63.5 Å². The predicted octanol–water partition coefficient (Wildman–Crippen LogP) is 1.03. The van der Waals surface area contributed by atoms with Crippen molar-refractivity contribution in [1.29, 1.82) is 0 Å². The van der Waals surface area contributed by atoms with Crippen LogP contribution in [0.2, 0.25) is 0 Å². The summed E-state index contributed by atoms with van der Waals surface area (Å²) in [6.45, 7) is 2.96. The molecule has 3 saturated heterocycles. The van der Waals surface area contributed by atoms with Crippen molar-refractivity contribution in [1.82, 2.24) is 15.1 Å². The predicted molar refractivity (Wildman–Crippen MR) is 131 cm³/mol. The Labute approximate surface area is 210 Å². The number of benzene rings is 1. The molecule has 5 rings (SSSR count). The van der Waals surface area contributed by atoms with E-state index in [2.05, 4.69) is 10.2 Å². The van der Waals surface area contributed by atoms with E-state index < -0.39 is 29.7 Å².